The number of hydrogen-bond donors (Lipinski definition) is 0. The van der Waals surface area contributed by atoms with Gasteiger partial charge in [-0.15, -0.1) is 0 Å². The summed E-state index contributed by atoms with van der Waals surface area (Å²) in [5, 5.41) is 0.629. The molecule has 0 aliphatic carbocycles. The maximum Gasteiger partial charge on any atom is 0.340 e. The van der Waals surface area contributed by atoms with Crippen molar-refractivity contribution in [2.45, 2.75) is 19.4 Å². The highest BCUT2D eigenvalue weighted by Crippen LogP contribution is 2.24. The maximum atomic E-state index is 13.0. The van der Waals surface area contributed by atoms with Crippen LogP contribution in [-0.4, -0.2) is 29.7 Å². The number of fused-ring (bicyclic) bond motifs is 1. The number of carbonyl (C=O) groups is 2. The van der Waals surface area contributed by atoms with Gasteiger partial charge in [0.2, 0.25) is 0 Å². The number of carbonyl (C=O) groups excluding carboxylic acids is 2. The Morgan fingerprint density at radius 1 is 1.12 bits per heavy atom. The van der Waals surface area contributed by atoms with Crippen LogP contribution in [0.15, 0.2) is 54.7 Å². The van der Waals surface area contributed by atoms with Gasteiger partial charge in [0.15, 0.2) is 6.10 Å². The topological polar surface area (TPSA) is 57.5 Å². The smallest absolute Gasteiger partial charge is 0.340 e. The fourth-order valence-electron chi connectivity index (χ4n) is 2.78. The number of aromatic nitrogens is 1. The molecule has 0 aliphatic heterocycles. The van der Waals surface area contributed by atoms with E-state index in [0.29, 0.717) is 28.6 Å². The van der Waals surface area contributed by atoms with Crippen LogP contribution in [-0.2, 0) is 4.74 Å². The van der Waals surface area contributed by atoms with Gasteiger partial charge in [0.05, 0.1) is 18.2 Å². The fraction of sp³-hybridized carbons (Fsp3) is 0.200. The molecule has 0 saturated heterocycles. The molecule has 0 N–H and O–H groups in total. The van der Waals surface area contributed by atoms with E-state index in [1.54, 1.807) is 24.3 Å². The van der Waals surface area contributed by atoms with Crippen molar-refractivity contribution in [3.05, 3.63) is 66.1 Å². The number of halogens is 1. The third kappa shape index (κ3) is 3.31. The van der Waals surface area contributed by atoms with Gasteiger partial charge < -0.3 is 9.47 Å². The molecule has 5 nitrogen and oxygen atoms in total. The third-order valence-corrected chi connectivity index (χ3v) is 4.09. The summed E-state index contributed by atoms with van der Waals surface area (Å²) in [6.45, 7) is 1.82. The van der Waals surface area contributed by atoms with Crippen LogP contribution in [0, 0.1) is 5.82 Å². The van der Waals surface area contributed by atoms with Crippen molar-refractivity contribution in [3.8, 4) is 5.75 Å². The SMILES string of the molecule is CCC(Oc1ccc(F)cc1)C(=O)n1cc(C(=O)OC)c2ccccc21. The summed E-state index contributed by atoms with van der Waals surface area (Å²) in [6, 6.07) is 12.6. The van der Waals surface area contributed by atoms with E-state index in [9.17, 15) is 14.0 Å². The molecule has 1 unspecified atom stereocenters. The molecule has 0 radical (unpaired) electrons. The number of para-hydroxylation sites is 1. The van der Waals surface area contributed by atoms with Gasteiger partial charge in [0.1, 0.15) is 11.6 Å². The van der Waals surface area contributed by atoms with Crippen molar-refractivity contribution in [2.75, 3.05) is 7.11 Å². The third-order valence-electron chi connectivity index (χ3n) is 4.09. The van der Waals surface area contributed by atoms with Crippen LogP contribution in [0.2, 0.25) is 0 Å². The van der Waals surface area contributed by atoms with E-state index < -0.39 is 12.1 Å². The molecule has 134 valence electrons. The Morgan fingerprint density at radius 2 is 1.81 bits per heavy atom. The maximum absolute atomic E-state index is 13.0. The van der Waals surface area contributed by atoms with Gasteiger partial charge in [0.25, 0.3) is 5.91 Å². The molecule has 26 heavy (non-hydrogen) atoms. The highest BCUT2D eigenvalue weighted by atomic mass is 19.1. The lowest BCUT2D eigenvalue weighted by Gasteiger charge is -2.17. The van der Waals surface area contributed by atoms with Gasteiger partial charge in [-0.2, -0.15) is 0 Å². The molecule has 1 heterocycles. The minimum absolute atomic E-state index is 0.313. The Morgan fingerprint density at radius 3 is 2.46 bits per heavy atom. The van der Waals surface area contributed by atoms with E-state index in [4.69, 9.17) is 9.47 Å². The van der Waals surface area contributed by atoms with Crippen LogP contribution in [0.5, 0.6) is 5.75 Å². The van der Waals surface area contributed by atoms with E-state index in [1.807, 2.05) is 6.92 Å². The lowest BCUT2D eigenvalue weighted by atomic mass is 10.2. The Bertz CT molecular complexity index is 946. The van der Waals surface area contributed by atoms with Crippen LogP contribution in [0.1, 0.15) is 28.5 Å². The zero-order valence-corrected chi connectivity index (χ0v) is 14.4. The monoisotopic (exact) mass is 355 g/mol. The molecule has 0 saturated carbocycles. The lowest BCUT2D eigenvalue weighted by molar-refractivity contribution is 0.0602. The second-order valence-corrected chi connectivity index (χ2v) is 5.73. The van der Waals surface area contributed by atoms with Crippen LogP contribution < -0.4 is 4.74 Å². The molecule has 1 aromatic heterocycles. The van der Waals surface area contributed by atoms with Crippen LogP contribution in [0.3, 0.4) is 0 Å². The van der Waals surface area contributed by atoms with Crippen molar-refractivity contribution in [3.63, 3.8) is 0 Å². The van der Waals surface area contributed by atoms with Crippen LogP contribution in [0.4, 0.5) is 4.39 Å². The van der Waals surface area contributed by atoms with Crippen molar-refractivity contribution < 1.29 is 23.5 Å². The predicted molar refractivity (Wildman–Crippen MR) is 95.0 cm³/mol. The number of nitrogens with zero attached hydrogens (tertiary/aromatic N) is 1. The first-order valence-electron chi connectivity index (χ1n) is 8.20. The number of rotatable bonds is 5. The zero-order valence-electron chi connectivity index (χ0n) is 14.4. The first kappa shape index (κ1) is 17.7. The number of ether oxygens (including phenoxy) is 2. The number of benzene rings is 2. The summed E-state index contributed by atoms with van der Waals surface area (Å²) in [6.07, 6.45) is 1.10. The first-order valence-corrected chi connectivity index (χ1v) is 8.20. The summed E-state index contributed by atoms with van der Waals surface area (Å²) in [7, 11) is 1.29. The Kier molecular flexibility index (Phi) is 5.02. The number of hydrogen-bond acceptors (Lipinski definition) is 4. The molecule has 1 atom stereocenters. The minimum Gasteiger partial charge on any atom is -0.481 e. The van der Waals surface area contributed by atoms with Crippen molar-refractivity contribution in [2.24, 2.45) is 0 Å². The molecular weight excluding hydrogens is 337 g/mol. The molecule has 3 aromatic rings. The Hall–Kier alpha value is -3.15. The molecule has 0 spiro atoms. The summed E-state index contributed by atoms with van der Waals surface area (Å²) in [5.74, 6) is -0.810. The molecule has 0 fully saturated rings. The van der Waals surface area contributed by atoms with E-state index in [1.165, 1.54) is 42.1 Å². The molecule has 3 rings (SSSR count). The second kappa shape index (κ2) is 7.39. The average molecular weight is 355 g/mol. The van der Waals surface area contributed by atoms with Gasteiger partial charge in [-0.3, -0.25) is 9.36 Å². The Balaban J connectivity index is 1.97. The minimum atomic E-state index is -0.776. The average Bonchev–Trinajstić information content (AvgIpc) is 3.06. The van der Waals surface area contributed by atoms with Crippen molar-refractivity contribution >= 4 is 22.8 Å². The zero-order chi connectivity index (χ0) is 18.7. The molecular formula is C20H18FNO4. The van der Waals surface area contributed by atoms with E-state index >= 15 is 0 Å². The molecule has 0 aliphatic rings. The number of methoxy groups -OCH3 is 1. The van der Waals surface area contributed by atoms with Gasteiger partial charge >= 0.3 is 5.97 Å². The quantitative estimate of drug-likeness (QED) is 0.648. The van der Waals surface area contributed by atoms with E-state index in [0.717, 1.165) is 0 Å². The summed E-state index contributed by atoms with van der Waals surface area (Å²) >= 11 is 0. The fourth-order valence-corrected chi connectivity index (χ4v) is 2.78. The van der Waals surface area contributed by atoms with Gasteiger partial charge in [-0.05, 0) is 36.8 Å². The highest BCUT2D eigenvalue weighted by Gasteiger charge is 2.25. The van der Waals surface area contributed by atoms with Gasteiger partial charge in [-0.25, -0.2) is 9.18 Å². The van der Waals surface area contributed by atoms with Crippen molar-refractivity contribution in [1.82, 2.24) is 4.57 Å². The molecule has 2 aromatic carbocycles. The molecule has 0 amide bonds. The largest absolute Gasteiger partial charge is 0.481 e. The normalized spacial score (nSPS) is 12.0. The second-order valence-electron chi connectivity index (χ2n) is 5.73. The standard InChI is InChI=1S/C20H18FNO4/c1-3-18(26-14-10-8-13(21)9-11-14)19(23)22-12-16(20(24)25-2)15-6-4-5-7-17(15)22/h4-12,18H,3H2,1-2H3. The van der Waals surface area contributed by atoms with E-state index in [2.05, 4.69) is 0 Å². The summed E-state index contributed by atoms with van der Waals surface area (Å²) in [4.78, 5) is 25.0. The number of esters is 1. The summed E-state index contributed by atoms with van der Waals surface area (Å²) in [5.41, 5.74) is 0.909. The lowest BCUT2D eigenvalue weighted by Crippen LogP contribution is -2.31. The first-order chi connectivity index (χ1) is 12.5. The van der Waals surface area contributed by atoms with Crippen LogP contribution >= 0.6 is 0 Å². The van der Waals surface area contributed by atoms with Crippen molar-refractivity contribution in [1.29, 1.82) is 0 Å². The highest BCUT2D eigenvalue weighted by molar-refractivity contribution is 6.07. The van der Waals surface area contributed by atoms with Gasteiger partial charge in [0, 0.05) is 11.6 Å². The Labute approximate surface area is 149 Å². The summed E-state index contributed by atoms with van der Waals surface area (Å²) < 4.78 is 25.0. The van der Waals surface area contributed by atoms with Gasteiger partial charge in [-0.1, -0.05) is 25.1 Å². The van der Waals surface area contributed by atoms with Crippen LogP contribution in [0.25, 0.3) is 10.9 Å². The molecule has 0 bridgehead atoms. The molecule has 6 heteroatoms. The predicted octanol–water partition coefficient (Wildman–Crippen LogP) is 4.06. The van der Waals surface area contributed by atoms with E-state index in [-0.39, 0.29) is 11.7 Å².